The van der Waals surface area contributed by atoms with Crippen molar-refractivity contribution >= 4 is 5.69 Å². The van der Waals surface area contributed by atoms with Crippen molar-refractivity contribution in [1.29, 1.82) is 0 Å². The number of hydrogen-bond acceptors (Lipinski definition) is 2. The van der Waals surface area contributed by atoms with Crippen molar-refractivity contribution < 1.29 is 9.13 Å². The van der Waals surface area contributed by atoms with E-state index in [1.807, 2.05) is 6.07 Å². The second-order valence-corrected chi connectivity index (χ2v) is 4.87. The second kappa shape index (κ2) is 4.92. The van der Waals surface area contributed by atoms with Crippen LogP contribution in [0.2, 0.25) is 0 Å². The van der Waals surface area contributed by atoms with E-state index in [0.717, 1.165) is 18.5 Å². The minimum absolute atomic E-state index is 0.278. The van der Waals surface area contributed by atoms with Gasteiger partial charge in [-0.3, -0.25) is 0 Å². The molecule has 1 aliphatic carbocycles. The van der Waals surface area contributed by atoms with E-state index in [9.17, 15) is 4.39 Å². The van der Waals surface area contributed by atoms with E-state index in [0.29, 0.717) is 6.04 Å². The van der Waals surface area contributed by atoms with Gasteiger partial charge in [0.15, 0.2) is 11.6 Å². The van der Waals surface area contributed by atoms with Gasteiger partial charge in [0.2, 0.25) is 0 Å². The number of hydrogen-bond donors (Lipinski definition) is 1. The third kappa shape index (κ3) is 2.41. The van der Waals surface area contributed by atoms with Gasteiger partial charge >= 0.3 is 0 Å². The number of halogens is 1. The SMILES string of the molecule is COc1ccc(NC2Cc3ccccc3C2)cc1F. The van der Waals surface area contributed by atoms with Crippen LogP contribution in [0.3, 0.4) is 0 Å². The van der Waals surface area contributed by atoms with Gasteiger partial charge < -0.3 is 10.1 Å². The van der Waals surface area contributed by atoms with Crippen LogP contribution in [0.1, 0.15) is 11.1 Å². The molecule has 0 fully saturated rings. The van der Waals surface area contributed by atoms with Crippen molar-refractivity contribution in [2.24, 2.45) is 0 Å². The van der Waals surface area contributed by atoms with Crippen molar-refractivity contribution in [3.8, 4) is 5.75 Å². The third-order valence-electron chi connectivity index (χ3n) is 3.57. The molecular formula is C16H16FNO. The molecule has 1 aliphatic rings. The van der Waals surface area contributed by atoms with Crippen molar-refractivity contribution in [2.45, 2.75) is 18.9 Å². The lowest BCUT2D eigenvalue weighted by atomic mass is 10.1. The number of fused-ring (bicyclic) bond motifs is 1. The van der Waals surface area contributed by atoms with Crippen molar-refractivity contribution in [1.82, 2.24) is 0 Å². The highest BCUT2D eigenvalue weighted by Crippen LogP contribution is 2.26. The van der Waals surface area contributed by atoms with Crippen LogP contribution in [-0.4, -0.2) is 13.2 Å². The highest BCUT2D eigenvalue weighted by Gasteiger charge is 2.20. The standard InChI is InChI=1S/C16H16FNO/c1-19-16-7-6-13(10-15(16)17)18-14-8-11-4-2-3-5-12(11)9-14/h2-7,10,14,18H,8-9H2,1H3. The molecule has 2 nitrogen and oxygen atoms in total. The van der Waals surface area contributed by atoms with E-state index in [2.05, 4.69) is 29.6 Å². The molecule has 3 heteroatoms. The fraction of sp³-hybridized carbons (Fsp3) is 0.250. The molecule has 1 N–H and O–H groups in total. The first-order valence-corrected chi connectivity index (χ1v) is 6.43. The zero-order chi connectivity index (χ0) is 13.2. The fourth-order valence-corrected chi connectivity index (χ4v) is 2.65. The molecule has 0 spiro atoms. The molecule has 0 aromatic heterocycles. The Labute approximate surface area is 112 Å². The first kappa shape index (κ1) is 12.0. The monoisotopic (exact) mass is 257 g/mol. The highest BCUT2D eigenvalue weighted by molar-refractivity contribution is 5.49. The Bertz CT molecular complexity index is 572. The quantitative estimate of drug-likeness (QED) is 0.909. The molecule has 0 aliphatic heterocycles. The molecule has 19 heavy (non-hydrogen) atoms. The maximum Gasteiger partial charge on any atom is 0.167 e. The van der Waals surface area contributed by atoms with Crippen LogP contribution in [0.4, 0.5) is 10.1 Å². The number of methoxy groups -OCH3 is 1. The normalized spacial score (nSPS) is 14.2. The maximum absolute atomic E-state index is 13.6. The lowest BCUT2D eigenvalue weighted by molar-refractivity contribution is 0.386. The summed E-state index contributed by atoms with van der Waals surface area (Å²) in [6, 6.07) is 13.8. The molecule has 3 rings (SSSR count). The smallest absolute Gasteiger partial charge is 0.167 e. The summed E-state index contributed by atoms with van der Waals surface area (Å²) < 4.78 is 18.5. The van der Waals surface area contributed by atoms with E-state index in [1.165, 1.54) is 24.3 Å². The molecule has 98 valence electrons. The number of rotatable bonds is 3. The summed E-state index contributed by atoms with van der Waals surface area (Å²) in [7, 11) is 1.47. The first-order valence-electron chi connectivity index (χ1n) is 6.43. The van der Waals surface area contributed by atoms with Gasteiger partial charge in [-0.2, -0.15) is 0 Å². The summed E-state index contributed by atoms with van der Waals surface area (Å²) in [5, 5.41) is 3.38. The molecule has 0 amide bonds. The summed E-state index contributed by atoms with van der Waals surface area (Å²) in [5.74, 6) is -0.0525. The minimum atomic E-state index is -0.331. The van der Waals surface area contributed by atoms with Gasteiger partial charge in [-0.15, -0.1) is 0 Å². The molecule has 0 unspecified atom stereocenters. The lowest BCUT2D eigenvalue weighted by Gasteiger charge is -2.14. The van der Waals surface area contributed by atoms with Gasteiger partial charge in [-0.05, 0) is 36.1 Å². The predicted molar refractivity (Wildman–Crippen MR) is 74.2 cm³/mol. The number of benzene rings is 2. The Kier molecular flexibility index (Phi) is 3.11. The Balaban J connectivity index is 1.72. The molecule has 0 atom stereocenters. The zero-order valence-corrected chi connectivity index (χ0v) is 10.8. The number of anilines is 1. The lowest BCUT2D eigenvalue weighted by Crippen LogP contribution is -2.19. The summed E-state index contributed by atoms with van der Waals surface area (Å²) in [4.78, 5) is 0. The molecule has 0 bridgehead atoms. The zero-order valence-electron chi connectivity index (χ0n) is 10.8. The van der Waals surface area contributed by atoms with Gasteiger partial charge in [-0.25, -0.2) is 4.39 Å². The van der Waals surface area contributed by atoms with Crippen LogP contribution in [0, 0.1) is 5.82 Å². The Hall–Kier alpha value is -2.03. The van der Waals surface area contributed by atoms with E-state index in [4.69, 9.17) is 4.74 Å². The Morgan fingerprint density at radius 2 is 1.79 bits per heavy atom. The maximum atomic E-state index is 13.6. The van der Waals surface area contributed by atoms with Crippen molar-refractivity contribution in [3.05, 3.63) is 59.4 Å². The van der Waals surface area contributed by atoms with E-state index >= 15 is 0 Å². The molecule has 2 aromatic carbocycles. The van der Waals surface area contributed by atoms with Gasteiger partial charge in [0.25, 0.3) is 0 Å². The van der Waals surface area contributed by atoms with E-state index < -0.39 is 0 Å². The van der Waals surface area contributed by atoms with Crippen LogP contribution in [0.5, 0.6) is 5.75 Å². The fourth-order valence-electron chi connectivity index (χ4n) is 2.65. The summed E-state index contributed by atoms with van der Waals surface area (Å²) in [5.41, 5.74) is 3.57. The van der Waals surface area contributed by atoms with Crippen molar-refractivity contribution in [3.63, 3.8) is 0 Å². The summed E-state index contributed by atoms with van der Waals surface area (Å²) >= 11 is 0. The van der Waals surface area contributed by atoms with Crippen LogP contribution in [0.15, 0.2) is 42.5 Å². The molecular weight excluding hydrogens is 241 g/mol. The molecule has 0 saturated carbocycles. The Morgan fingerprint density at radius 1 is 1.11 bits per heavy atom. The largest absolute Gasteiger partial charge is 0.494 e. The first-order chi connectivity index (χ1) is 9.26. The van der Waals surface area contributed by atoms with Crippen LogP contribution in [-0.2, 0) is 12.8 Å². The van der Waals surface area contributed by atoms with Crippen LogP contribution >= 0.6 is 0 Å². The minimum Gasteiger partial charge on any atom is -0.494 e. The van der Waals surface area contributed by atoms with Crippen LogP contribution in [0.25, 0.3) is 0 Å². The van der Waals surface area contributed by atoms with Gasteiger partial charge in [0.1, 0.15) is 0 Å². The van der Waals surface area contributed by atoms with Crippen molar-refractivity contribution in [2.75, 3.05) is 12.4 Å². The third-order valence-corrected chi connectivity index (χ3v) is 3.57. The topological polar surface area (TPSA) is 21.3 Å². The Morgan fingerprint density at radius 3 is 2.37 bits per heavy atom. The predicted octanol–water partition coefficient (Wildman–Crippen LogP) is 3.41. The molecule has 0 radical (unpaired) electrons. The number of nitrogens with one attached hydrogen (secondary N) is 1. The molecule has 0 heterocycles. The number of ether oxygens (including phenoxy) is 1. The van der Waals surface area contributed by atoms with Gasteiger partial charge in [0.05, 0.1) is 7.11 Å². The molecule has 2 aromatic rings. The van der Waals surface area contributed by atoms with E-state index in [-0.39, 0.29) is 11.6 Å². The average Bonchev–Trinajstić information content (AvgIpc) is 2.81. The second-order valence-electron chi connectivity index (χ2n) is 4.87. The van der Waals surface area contributed by atoms with Crippen LogP contribution < -0.4 is 10.1 Å². The van der Waals surface area contributed by atoms with Gasteiger partial charge in [0, 0.05) is 17.8 Å². The average molecular weight is 257 g/mol. The van der Waals surface area contributed by atoms with E-state index in [1.54, 1.807) is 6.07 Å². The molecule has 0 saturated heterocycles. The summed E-state index contributed by atoms with van der Waals surface area (Å²) in [6.45, 7) is 0. The van der Waals surface area contributed by atoms with Gasteiger partial charge in [-0.1, -0.05) is 24.3 Å². The highest BCUT2D eigenvalue weighted by atomic mass is 19.1. The summed E-state index contributed by atoms with van der Waals surface area (Å²) in [6.07, 6.45) is 1.98.